The number of nitrogens with two attached hydrogens (primary N) is 1. The number of rotatable bonds is 4. The van der Waals surface area contributed by atoms with Gasteiger partial charge in [0.05, 0.1) is 6.04 Å². The zero-order valence-corrected chi connectivity index (χ0v) is 12.3. The summed E-state index contributed by atoms with van der Waals surface area (Å²) in [7, 11) is 0. The molecule has 0 aliphatic heterocycles. The molecule has 0 fully saturated rings. The third-order valence-corrected chi connectivity index (χ3v) is 3.61. The molecule has 4 heteroatoms. The van der Waals surface area contributed by atoms with Crippen molar-refractivity contribution in [3.8, 4) is 5.75 Å². The zero-order valence-electron chi connectivity index (χ0n) is 12.3. The molecular formula is C17H20N2O2. The van der Waals surface area contributed by atoms with Gasteiger partial charge in [0.1, 0.15) is 5.75 Å². The number of nitrogens with one attached hydrogen (secondary N) is 1. The molecule has 1 unspecified atom stereocenters. The average molecular weight is 284 g/mol. The van der Waals surface area contributed by atoms with Crippen LogP contribution in [0.4, 0.5) is 0 Å². The number of phenols is 1. The molecule has 0 heterocycles. The van der Waals surface area contributed by atoms with Crippen LogP contribution in [0.25, 0.3) is 0 Å². The van der Waals surface area contributed by atoms with Crippen LogP contribution in [0.3, 0.4) is 0 Å². The molecule has 0 bridgehead atoms. The molecule has 110 valence electrons. The lowest BCUT2D eigenvalue weighted by Crippen LogP contribution is -2.27. The molecule has 21 heavy (non-hydrogen) atoms. The molecule has 2 aromatic rings. The number of aromatic hydroxyl groups is 1. The van der Waals surface area contributed by atoms with E-state index in [9.17, 15) is 9.90 Å². The van der Waals surface area contributed by atoms with Gasteiger partial charge in [-0.3, -0.25) is 4.79 Å². The molecule has 1 amide bonds. The lowest BCUT2D eigenvalue weighted by molar-refractivity contribution is 0.0939. The lowest BCUT2D eigenvalue weighted by Gasteiger charge is -2.16. The highest BCUT2D eigenvalue weighted by atomic mass is 16.3. The van der Waals surface area contributed by atoms with E-state index in [2.05, 4.69) is 5.32 Å². The second-order valence-electron chi connectivity index (χ2n) is 5.09. The summed E-state index contributed by atoms with van der Waals surface area (Å²) in [6.07, 6.45) is 0. The first kappa shape index (κ1) is 15.1. The van der Waals surface area contributed by atoms with E-state index in [0.29, 0.717) is 17.7 Å². The topological polar surface area (TPSA) is 75.3 Å². The van der Waals surface area contributed by atoms with Gasteiger partial charge in [-0.2, -0.15) is 0 Å². The number of hydrogen-bond acceptors (Lipinski definition) is 3. The van der Waals surface area contributed by atoms with Crippen molar-refractivity contribution in [3.05, 3.63) is 64.7 Å². The highest BCUT2D eigenvalue weighted by Gasteiger charge is 2.14. The Labute approximate surface area is 124 Å². The van der Waals surface area contributed by atoms with Crippen LogP contribution in [0.1, 0.15) is 40.0 Å². The van der Waals surface area contributed by atoms with Crippen LogP contribution >= 0.6 is 0 Å². The monoisotopic (exact) mass is 284 g/mol. The van der Waals surface area contributed by atoms with Crippen LogP contribution in [0.5, 0.6) is 5.75 Å². The van der Waals surface area contributed by atoms with Crippen molar-refractivity contribution in [2.24, 2.45) is 5.73 Å². The summed E-state index contributed by atoms with van der Waals surface area (Å²) in [5, 5.41) is 12.6. The maximum atomic E-state index is 12.3. The molecule has 0 radical (unpaired) electrons. The summed E-state index contributed by atoms with van der Waals surface area (Å²) in [6, 6.07) is 12.7. The van der Waals surface area contributed by atoms with Crippen molar-refractivity contribution in [2.45, 2.75) is 26.4 Å². The van der Waals surface area contributed by atoms with Crippen molar-refractivity contribution in [2.75, 3.05) is 0 Å². The fraction of sp³-hybridized carbons (Fsp3) is 0.235. The molecule has 0 spiro atoms. The summed E-state index contributed by atoms with van der Waals surface area (Å²) in [6.45, 7) is 4.15. The quantitative estimate of drug-likeness (QED) is 0.808. The minimum atomic E-state index is -0.196. The molecule has 4 N–H and O–H groups in total. The fourth-order valence-corrected chi connectivity index (χ4v) is 2.17. The predicted octanol–water partition coefficient (Wildman–Crippen LogP) is 2.65. The lowest BCUT2D eigenvalue weighted by atomic mass is 10.0. The van der Waals surface area contributed by atoms with E-state index in [4.69, 9.17) is 5.73 Å². The Balaban J connectivity index is 2.12. The van der Waals surface area contributed by atoms with Crippen LogP contribution in [0.2, 0.25) is 0 Å². The normalized spacial score (nSPS) is 12.0. The molecule has 4 nitrogen and oxygen atoms in total. The third kappa shape index (κ3) is 3.41. The van der Waals surface area contributed by atoms with E-state index in [1.54, 1.807) is 25.1 Å². The Bertz CT molecular complexity index is 636. The summed E-state index contributed by atoms with van der Waals surface area (Å²) in [5.74, 6) is -0.0681. The first-order valence-corrected chi connectivity index (χ1v) is 6.91. The molecule has 0 aromatic heterocycles. The minimum absolute atomic E-state index is 0.119. The van der Waals surface area contributed by atoms with Gasteiger partial charge in [0, 0.05) is 17.7 Å². The van der Waals surface area contributed by atoms with E-state index < -0.39 is 0 Å². The highest BCUT2D eigenvalue weighted by Crippen LogP contribution is 2.21. The second kappa shape index (κ2) is 6.41. The number of hydrogen-bond donors (Lipinski definition) is 3. The first-order valence-electron chi connectivity index (χ1n) is 6.91. The Hall–Kier alpha value is -2.33. The van der Waals surface area contributed by atoms with Crippen molar-refractivity contribution in [3.63, 3.8) is 0 Å². The van der Waals surface area contributed by atoms with E-state index in [1.165, 1.54) is 0 Å². The van der Waals surface area contributed by atoms with Crippen molar-refractivity contribution in [1.29, 1.82) is 0 Å². The summed E-state index contributed by atoms with van der Waals surface area (Å²) < 4.78 is 0. The standard InChI is InChI=1S/C17H20N2O2/c1-11-15(4-3-5-16(11)20)17(21)19-12(2)14-8-6-13(10-18)7-9-14/h3-9,12,20H,10,18H2,1-2H3,(H,19,21). The number of carbonyl (C=O) groups excluding carboxylic acids is 1. The van der Waals surface area contributed by atoms with Gasteiger partial charge in [0.25, 0.3) is 5.91 Å². The van der Waals surface area contributed by atoms with Gasteiger partial charge in [-0.25, -0.2) is 0 Å². The third-order valence-electron chi connectivity index (χ3n) is 3.61. The molecule has 2 aromatic carbocycles. The van der Waals surface area contributed by atoms with Crippen LogP contribution in [0.15, 0.2) is 42.5 Å². The highest BCUT2D eigenvalue weighted by molar-refractivity contribution is 5.96. The van der Waals surface area contributed by atoms with Gasteiger partial charge < -0.3 is 16.2 Å². The molecule has 2 rings (SSSR count). The summed E-state index contributed by atoms with van der Waals surface area (Å²) in [4.78, 5) is 12.3. The minimum Gasteiger partial charge on any atom is -0.508 e. The Morgan fingerprint density at radius 1 is 1.24 bits per heavy atom. The number of phenolic OH excluding ortho intramolecular Hbond substituents is 1. The zero-order chi connectivity index (χ0) is 15.4. The summed E-state index contributed by atoms with van der Waals surface area (Å²) in [5.41, 5.74) is 8.71. The second-order valence-corrected chi connectivity index (χ2v) is 5.09. The smallest absolute Gasteiger partial charge is 0.252 e. The van der Waals surface area contributed by atoms with E-state index in [-0.39, 0.29) is 17.7 Å². The van der Waals surface area contributed by atoms with Gasteiger partial charge in [0.2, 0.25) is 0 Å². The SMILES string of the molecule is Cc1c(O)cccc1C(=O)NC(C)c1ccc(CN)cc1. The van der Waals surface area contributed by atoms with Gasteiger partial charge in [0.15, 0.2) is 0 Å². The Morgan fingerprint density at radius 2 is 1.90 bits per heavy atom. The maximum absolute atomic E-state index is 12.3. The van der Waals surface area contributed by atoms with E-state index >= 15 is 0 Å². The van der Waals surface area contributed by atoms with Crippen LogP contribution in [-0.4, -0.2) is 11.0 Å². The van der Waals surface area contributed by atoms with Crippen molar-refractivity contribution >= 4 is 5.91 Å². The van der Waals surface area contributed by atoms with Crippen molar-refractivity contribution in [1.82, 2.24) is 5.32 Å². The molecule has 0 aliphatic rings. The predicted molar refractivity (Wildman–Crippen MR) is 83.1 cm³/mol. The fourth-order valence-electron chi connectivity index (χ4n) is 2.17. The largest absolute Gasteiger partial charge is 0.508 e. The molecule has 0 saturated heterocycles. The van der Waals surface area contributed by atoms with E-state index in [1.807, 2.05) is 31.2 Å². The maximum Gasteiger partial charge on any atom is 0.252 e. The number of amides is 1. The van der Waals surface area contributed by atoms with Gasteiger partial charge >= 0.3 is 0 Å². The molecule has 0 saturated carbocycles. The van der Waals surface area contributed by atoms with Crippen molar-refractivity contribution < 1.29 is 9.90 Å². The number of carbonyl (C=O) groups is 1. The van der Waals surface area contributed by atoms with Gasteiger partial charge in [-0.05, 0) is 37.1 Å². The van der Waals surface area contributed by atoms with Gasteiger partial charge in [-0.15, -0.1) is 0 Å². The van der Waals surface area contributed by atoms with E-state index in [0.717, 1.165) is 11.1 Å². The van der Waals surface area contributed by atoms with Crippen LogP contribution < -0.4 is 11.1 Å². The number of benzene rings is 2. The summed E-state index contributed by atoms with van der Waals surface area (Å²) >= 11 is 0. The Morgan fingerprint density at radius 3 is 2.52 bits per heavy atom. The molecular weight excluding hydrogens is 264 g/mol. The average Bonchev–Trinajstić information content (AvgIpc) is 2.50. The molecule has 0 aliphatic carbocycles. The Kier molecular flexibility index (Phi) is 4.60. The van der Waals surface area contributed by atoms with Crippen LogP contribution in [-0.2, 0) is 6.54 Å². The first-order chi connectivity index (χ1) is 10.0. The molecule has 1 atom stereocenters. The van der Waals surface area contributed by atoms with Crippen LogP contribution in [0, 0.1) is 6.92 Å². The van der Waals surface area contributed by atoms with Gasteiger partial charge in [-0.1, -0.05) is 30.3 Å².